The molecule has 0 radical (unpaired) electrons. The van der Waals surface area contributed by atoms with Crippen molar-refractivity contribution < 1.29 is 4.39 Å². The van der Waals surface area contributed by atoms with Gasteiger partial charge >= 0.3 is 0 Å². The molecule has 0 aliphatic rings. The lowest BCUT2D eigenvalue weighted by Gasteiger charge is -2.24. The molecular formula is C18H21ClFN. The van der Waals surface area contributed by atoms with Crippen LogP contribution in [0.15, 0.2) is 42.5 Å². The summed E-state index contributed by atoms with van der Waals surface area (Å²) in [7, 11) is 0. The van der Waals surface area contributed by atoms with E-state index in [4.69, 9.17) is 17.3 Å². The van der Waals surface area contributed by atoms with Crippen LogP contribution in [0.25, 0.3) is 0 Å². The summed E-state index contributed by atoms with van der Waals surface area (Å²) in [5.74, 6) is -0.329. The molecule has 0 aliphatic heterocycles. The fourth-order valence-corrected chi connectivity index (χ4v) is 2.46. The average molecular weight is 306 g/mol. The van der Waals surface area contributed by atoms with E-state index in [0.29, 0.717) is 10.6 Å². The highest BCUT2D eigenvalue weighted by atomic mass is 35.5. The van der Waals surface area contributed by atoms with Crippen molar-refractivity contribution in [2.45, 2.75) is 38.6 Å². The second kappa shape index (κ2) is 6.17. The number of hydrogen-bond acceptors (Lipinski definition) is 1. The fourth-order valence-electron chi connectivity index (χ4n) is 2.28. The maximum atomic E-state index is 13.9. The van der Waals surface area contributed by atoms with Crippen LogP contribution in [0.5, 0.6) is 0 Å². The number of benzene rings is 2. The monoisotopic (exact) mass is 305 g/mol. The van der Waals surface area contributed by atoms with Crippen molar-refractivity contribution in [3.05, 3.63) is 70.0 Å². The first-order valence-corrected chi connectivity index (χ1v) is 7.54. The van der Waals surface area contributed by atoms with Crippen molar-refractivity contribution in [3.8, 4) is 0 Å². The minimum Gasteiger partial charge on any atom is -0.320 e. The molecule has 0 aromatic heterocycles. The van der Waals surface area contributed by atoms with Gasteiger partial charge in [0.15, 0.2) is 0 Å². The zero-order chi connectivity index (χ0) is 15.6. The molecule has 112 valence electrons. The van der Waals surface area contributed by atoms with Crippen molar-refractivity contribution >= 4 is 11.6 Å². The van der Waals surface area contributed by atoms with Crippen LogP contribution in [0.1, 0.15) is 49.9 Å². The molecule has 0 bridgehead atoms. The topological polar surface area (TPSA) is 26.0 Å². The largest absolute Gasteiger partial charge is 0.320 e. The third-order valence-corrected chi connectivity index (χ3v) is 4.46. The highest BCUT2D eigenvalue weighted by Gasteiger charge is 2.19. The van der Waals surface area contributed by atoms with E-state index in [1.54, 1.807) is 6.07 Å². The van der Waals surface area contributed by atoms with Crippen LogP contribution in [-0.4, -0.2) is 0 Å². The second-order valence-corrected chi connectivity index (χ2v) is 6.44. The quantitative estimate of drug-likeness (QED) is 0.824. The number of hydrogen-bond donors (Lipinski definition) is 1. The van der Waals surface area contributed by atoms with Crippen molar-refractivity contribution in [1.29, 1.82) is 0 Å². The third kappa shape index (κ3) is 3.45. The van der Waals surface area contributed by atoms with Crippen LogP contribution >= 0.6 is 11.6 Å². The molecule has 21 heavy (non-hydrogen) atoms. The summed E-state index contributed by atoms with van der Waals surface area (Å²) < 4.78 is 13.9. The highest BCUT2D eigenvalue weighted by molar-refractivity contribution is 6.30. The first-order chi connectivity index (χ1) is 9.85. The Kier molecular flexibility index (Phi) is 4.70. The van der Waals surface area contributed by atoms with E-state index in [-0.39, 0.29) is 11.2 Å². The Labute approximate surface area is 130 Å². The first kappa shape index (κ1) is 16.0. The number of rotatable bonds is 4. The molecule has 2 rings (SSSR count). The Hall–Kier alpha value is -1.38. The second-order valence-electron chi connectivity index (χ2n) is 6.00. The van der Waals surface area contributed by atoms with Crippen molar-refractivity contribution in [1.82, 2.24) is 0 Å². The summed E-state index contributed by atoms with van der Waals surface area (Å²) in [5, 5.41) is 0.491. The summed E-state index contributed by atoms with van der Waals surface area (Å²) in [5.41, 5.74) is 8.87. The van der Waals surface area contributed by atoms with Gasteiger partial charge in [-0.05, 0) is 41.2 Å². The van der Waals surface area contributed by atoms with Crippen LogP contribution in [0.2, 0.25) is 5.02 Å². The molecule has 2 aromatic carbocycles. The van der Waals surface area contributed by atoms with E-state index in [1.165, 1.54) is 17.7 Å². The molecule has 1 unspecified atom stereocenters. The van der Waals surface area contributed by atoms with E-state index < -0.39 is 6.04 Å². The minimum atomic E-state index is -0.512. The molecule has 0 spiro atoms. The smallest absolute Gasteiger partial charge is 0.128 e. The Bertz CT molecular complexity index is 620. The van der Waals surface area contributed by atoms with E-state index in [9.17, 15) is 4.39 Å². The summed E-state index contributed by atoms with van der Waals surface area (Å²) >= 11 is 5.93. The van der Waals surface area contributed by atoms with Gasteiger partial charge in [-0.25, -0.2) is 4.39 Å². The summed E-state index contributed by atoms with van der Waals surface area (Å²) in [6, 6.07) is 12.0. The van der Waals surface area contributed by atoms with Gasteiger partial charge < -0.3 is 5.73 Å². The highest BCUT2D eigenvalue weighted by Crippen LogP contribution is 2.29. The van der Waals surface area contributed by atoms with Crippen molar-refractivity contribution in [2.75, 3.05) is 0 Å². The molecule has 0 saturated carbocycles. The van der Waals surface area contributed by atoms with Crippen molar-refractivity contribution in [3.63, 3.8) is 0 Å². The Morgan fingerprint density at radius 3 is 2.33 bits per heavy atom. The van der Waals surface area contributed by atoms with Crippen LogP contribution in [-0.2, 0) is 5.41 Å². The Morgan fingerprint density at radius 2 is 1.76 bits per heavy atom. The lowest BCUT2D eigenvalue weighted by atomic mass is 9.81. The van der Waals surface area contributed by atoms with Gasteiger partial charge in [0.1, 0.15) is 5.82 Å². The normalized spacial score (nSPS) is 13.2. The van der Waals surface area contributed by atoms with Gasteiger partial charge in [-0.15, -0.1) is 0 Å². The molecule has 0 fully saturated rings. The van der Waals surface area contributed by atoms with Gasteiger partial charge in [-0.1, -0.05) is 56.6 Å². The molecule has 0 saturated heterocycles. The van der Waals surface area contributed by atoms with Gasteiger partial charge in [0.25, 0.3) is 0 Å². The van der Waals surface area contributed by atoms with E-state index in [1.807, 2.05) is 12.1 Å². The summed E-state index contributed by atoms with van der Waals surface area (Å²) in [4.78, 5) is 0. The van der Waals surface area contributed by atoms with Gasteiger partial charge in [-0.3, -0.25) is 0 Å². The summed E-state index contributed by atoms with van der Waals surface area (Å²) in [6.07, 6.45) is 1.06. The molecule has 1 nitrogen and oxygen atoms in total. The van der Waals surface area contributed by atoms with E-state index in [0.717, 1.165) is 12.0 Å². The minimum absolute atomic E-state index is 0.129. The standard InChI is InChI=1S/C18H21ClFN/c1-4-18(2,3)13-7-5-12(6-8-13)17(21)15-11-14(19)9-10-16(15)20/h5-11,17H,4,21H2,1-3H3. The maximum Gasteiger partial charge on any atom is 0.128 e. The summed E-state index contributed by atoms with van der Waals surface area (Å²) in [6.45, 7) is 6.58. The zero-order valence-electron chi connectivity index (χ0n) is 12.7. The average Bonchev–Trinajstić information content (AvgIpc) is 2.49. The van der Waals surface area contributed by atoms with Crippen LogP contribution in [0.4, 0.5) is 4.39 Å². The van der Waals surface area contributed by atoms with Gasteiger partial charge in [0, 0.05) is 10.6 Å². The van der Waals surface area contributed by atoms with Crippen LogP contribution < -0.4 is 5.73 Å². The van der Waals surface area contributed by atoms with Crippen molar-refractivity contribution in [2.24, 2.45) is 5.73 Å². The van der Waals surface area contributed by atoms with E-state index in [2.05, 4.69) is 32.9 Å². The predicted molar refractivity (Wildman–Crippen MR) is 87.2 cm³/mol. The van der Waals surface area contributed by atoms with Crippen LogP contribution in [0.3, 0.4) is 0 Å². The zero-order valence-corrected chi connectivity index (χ0v) is 13.4. The van der Waals surface area contributed by atoms with Gasteiger partial charge in [-0.2, -0.15) is 0 Å². The molecule has 2 aromatic rings. The number of halogens is 2. The lowest BCUT2D eigenvalue weighted by Crippen LogP contribution is -2.17. The maximum absolute atomic E-state index is 13.9. The molecule has 2 N–H and O–H groups in total. The lowest BCUT2D eigenvalue weighted by molar-refractivity contribution is 0.506. The molecule has 0 aliphatic carbocycles. The SMILES string of the molecule is CCC(C)(C)c1ccc(C(N)c2cc(Cl)ccc2F)cc1. The predicted octanol–water partition coefficient (Wildman–Crippen LogP) is 5.21. The molecule has 0 amide bonds. The molecule has 0 heterocycles. The molecule has 3 heteroatoms. The fraction of sp³-hybridized carbons (Fsp3) is 0.333. The number of nitrogens with two attached hydrogens (primary N) is 1. The van der Waals surface area contributed by atoms with Crippen LogP contribution in [0, 0.1) is 5.82 Å². The Morgan fingerprint density at radius 1 is 1.14 bits per heavy atom. The Balaban J connectivity index is 2.32. The van der Waals surface area contributed by atoms with Gasteiger partial charge in [0.05, 0.1) is 6.04 Å². The van der Waals surface area contributed by atoms with E-state index >= 15 is 0 Å². The molecule has 1 atom stereocenters. The van der Waals surface area contributed by atoms with Gasteiger partial charge in [0.2, 0.25) is 0 Å². The first-order valence-electron chi connectivity index (χ1n) is 7.16. The molecular weight excluding hydrogens is 285 g/mol. The third-order valence-electron chi connectivity index (χ3n) is 4.23.